The monoisotopic (exact) mass is 847 g/mol. The lowest BCUT2D eigenvalue weighted by molar-refractivity contribution is -0.188. The number of aliphatic carboxylic acids is 1. The molecular formula is C50H78N4O5S. The summed E-state index contributed by atoms with van der Waals surface area (Å²) in [5, 5.41) is 17.8. The first-order valence-electron chi connectivity index (χ1n) is 23.9. The van der Waals surface area contributed by atoms with E-state index >= 15 is 0 Å². The maximum atomic E-state index is 12.8. The molecule has 2 heterocycles. The van der Waals surface area contributed by atoms with Crippen LogP contribution < -0.4 is 10.1 Å². The van der Waals surface area contributed by atoms with Crippen molar-refractivity contribution in [1.29, 1.82) is 0 Å². The van der Waals surface area contributed by atoms with Crippen LogP contribution in [0.3, 0.4) is 0 Å². The Bertz CT molecular complexity index is 1980. The van der Waals surface area contributed by atoms with Crippen LogP contribution in [0, 0.1) is 56.7 Å². The van der Waals surface area contributed by atoms with Gasteiger partial charge >= 0.3 is 5.97 Å². The quantitative estimate of drug-likeness (QED) is 0.180. The molecule has 1 saturated heterocycles. The van der Waals surface area contributed by atoms with Crippen LogP contribution in [0.2, 0.25) is 0 Å². The van der Waals surface area contributed by atoms with Gasteiger partial charge in [-0.15, -0.1) is 6.58 Å². The maximum absolute atomic E-state index is 12.8. The van der Waals surface area contributed by atoms with Gasteiger partial charge in [-0.25, -0.2) is 8.42 Å². The Morgan fingerprint density at radius 3 is 2.38 bits per heavy atom. The Labute approximate surface area is 362 Å². The topological polar surface area (TPSA) is 117 Å². The fraction of sp³-hybridized carbons (Fsp3) is 0.780. The lowest BCUT2D eigenvalue weighted by Gasteiger charge is -2.70. The smallest absolute Gasteiger partial charge is 0.313 e. The second kappa shape index (κ2) is 15.9. The van der Waals surface area contributed by atoms with Crippen LogP contribution in [0.25, 0.3) is 0 Å². The highest BCUT2D eigenvalue weighted by Crippen LogP contribution is 2.75. The van der Waals surface area contributed by atoms with Gasteiger partial charge < -0.3 is 20.1 Å². The highest BCUT2D eigenvalue weighted by Gasteiger charge is 2.69. The fourth-order valence-electron chi connectivity index (χ4n) is 15.9. The molecule has 1 aliphatic heterocycles. The van der Waals surface area contributed by atoms with Crippen molar-refractivity contribution in [3.8, 4) is 5.88 Å². The molecule has 334 valence electrons. The predicted octanol–water partition coefficient (Wildman–Crippen LogP) is 9.61. The summed E-state index contributed by atoms with van der Waals surface area (Å²) in [6.07, 6.45) is 24.4. The zero-order chi connectivity index (χ0) is 42.9. The molecule has 0 aromatic carbocycles. The molecule has 7 aliphatic rings. The number of carbonyl (C=O) groups is 1. The van der Waals surface area contributed by atoms with Gasteiger partial charge in [0.25, 0.3) is 0 Å². The van der Waals surface area contributed by atoms with Crippen LogP contribution in [0.4, 0.5) is 0 Å². The Hall–Kier alpha value is -2.56. The summed E-state index contributed by atoms with van der Waals surface area (Å²) < 4.78 is 32.3. The van der Waals surface area contributed by atoms with Gasteiger partial charge in [0.15, 0.2) is 9.84 Å². The average molecular weight is 847 g/mol. The Morgan fingerprint density at radius 2 is 1.75 bits per heavy atom. The second-order valence-electron chi connectivity index (χ2n) is 22.0. The van der Waals surface area contributed by atoms with E-state index in [0.29, 0.717) is 55.5 Å². The Kier molecular flexibility index (Phi) is 11.7. The molecule has 1 aromatic heterocycles. The normalized spacial score (nSPS) is 41.3. The number of carboxylic acid groups (broad SMARTS) is 1. The van der Waals surface area contributed by atoms with E-state index in [0.717, 1.165) is 38.4 Å². The zero-order valence-corrected chi connectivity index (χ0v) is 38.9. The molecule has 1 aromatic rings. The highest BCUT2D eigenvalue weighted by molar-refractivity contribution is 7.91. The third-order valence-corrected chi connectivity index (χ3v) is 20.8. The summed E-state index contributed by atoms with van der Waals surface area (Å²) >= 11 is 0. The number of aromatic nitrogens is 2. The van der Waals surface area contributed by atoms with E-state index < -0.39 is 21.2 Å². The van der Waals surface area contributed by atoms with Crippen molar-refractivity contribution in [1.82, 2.24) is 20.0 Å². The molecule has 3 N–H and O–H groups in total. The molecule has 0 spiro atoms. The molecule has 0 radical (unpaired) electrons. The molecule has 4 saturated carbocycles. The first-order chi connectivity index (χ1) is 28.4. The number of hydrogen-bond acceptors (Lipinski definition) is 6. The number of sulfone groups is 1. The lowest BCUT2D eigenvalue weighted by Crippen LogP contribution is -2.66. The zero-order valence-electron chi connectivity index (χ0n) is 38.0. The first-order valence-corrected chi connectivity index (χ1v) is 25.7. The number of ether oxygens (including phenoxy) is 1. The van der Waals surface area contributed by atoms with Crippen molar-refractivity contribution in [3.05, 3.63) is 54.3 Å². The van der Waals surface area contributed by atoms with Gasteiger partial charge in [0.05, 0.1) is 17.7 Å². The number of carboxylic acids is 1. The number of allylic oxidation sites excluding steroid dienone is 6. The molecule has 4 unspecified atom stereocenters. The van der Waals surface area contributed by atoms with Gasteiger partial charge in [0.2, 0.25) is 5.88 Å². The van der Waals surface area contributed by atoms with Gasteiger partial charge in [-0.1, -0.05) is 70.9 Å². The van der Waals surface area contributed by atoms with E-state index in [9.17, 15) is 18.3 Å². The molecule has 8 rings (SSSR count). The number of fused-ring (bicyclic) bond motifs is 7. The average Bonchev–Trinajstić information content (AvgIpc) is 3.57. The van der Waals surface area contributed by atoms with Gasteiger partial charge in [-0.3, -0.25) is 14.6 Å². The van der Waals surface area contributed by atoms with Gasteiger partial charge in [0.1, 0.15) is 12.0 Å². The molecule has 10 heteroatoms. The summed E-state index contributed by atoms with van der Waals surface area (Å²) in [5.41, 5.74) is 3.65. The van der Waals surface area contributed by atoms with Crippen molar-refractivity contribution in [3.63, 3.8) is 0 Å². The standard InChI is InChI=1S/C50H78N4O5S/c1-9-49-25-26-50(51-27-28-53-29-31-60(57,58)32-30-53)24-17-37(35(3)4)43(50)39(49)13-11-12-14-41-46(7)20-18-38(45(5,6)40(46)19-21-47(41,49)8)36-15-22-48(23-16-36,44(55)56)34-59-42-33-52-54(42)10-2/h9,15,18,33,37,39-41,43,51-52H,1,3,10-14,16-17,19-32,34H2,2,4-8H3,(H,55,56)/t37-,39-,40?,41?,43?,46-,47+,48?,49+,50-/m0/s1. The molecule has 6 aliphatic carbocycles. The van der Waals surface area contributed by atoms with E-state index in [1.807, 2.05) is 17.8 Å². The minimum Gasteiger partial charge on any atom is -0.481 e. The molecule has 5 fully saturated rings. The maximum Gasteiger partial charge on any atom is 0.313 e. The second-order valence-corrected chi connectivity index (χ2v) is 24.3. The van der Waals surface area contributed by atoms with E-state index in [1.54, 1.807) is 0 Å². The van der Waals surface area contributed by atoms with Crippen molar-refractivity contribution in [2.24, 2.45) is 56.7 Å². The van der Waals surface area contributed by atoms with E-state index in [4.69, 9.17) is 11.3 Å². The van der Waals surface area contributed by atoms with Crippen LogP contribution in [-0.4, -0.2) is 84.0 Å². The van der Waals surface area contributed by atoms with Crippen LogP contribution in [-0.2, 0) is 21.2 Å². The predicted molar refractivity (Wildman–Crippen MR) is 242 cm³/mol. The number of aromatic amines is 1. The third kappa shape index (κ3) is 6.98. The fourth-order valence-corrected chi connectivity index (χ4v) is 17.2. The summed E-state index contributed by atoms with van der Waals surface area (Å²) in [7, 11) is -2.89. The molecule has 60 heavy (non-hydrogen) atoms. The van der Waals surface area contributed by atoms with Crippen molar-refractivity contribution in [2.45, 2.75) is 144 Å². The number of nitrogens with zero attached hydrogens (tertiary/aromatic N) is 2. The summed E-state index contributed by atoms with van der Waals surface area (Å²) in [4.78, 5) is 15.2. The number of hydrogen-bond donors (Lipinski definition) is 3. The Balaban J connectivity index is 1.06. The molecule has 9 nitrogen and oxygen atoms in total. The molecular weight excluding hydrogens is 769 g/mol. The summed E-state index contributed by atoms with van der Waals surface area (Å²) in [5.74, 6) is 3.22. The number of rotatable bonds is 12. The van der Waals surface area contributed by atoms with E-state index in [2.05, 4.69) is 74.7 Å². The van der Waals surface area contributed by atoms with Crippen LogP contribution >= 0.6 is 0 Å². The van der Waals surface area contributed by atoms with E-state index in [1.165, 1.54) is 80.9 Å². The Morgan fingerprint density at radius 1 is 1.00 bits per heavy atom. The van der Waals surface area contributed by atoms with Crippen LogP contribution in [0.15, 0.2) is 54.3 Å². The number of aryl methyl sites for hydroxylation is 1. The number of nitrogens with one attached hydrogen (secondary N) is 2. The van der Waals surface area contributed by atoms with E-state index in [-0.39, 0.29) is 45.3 Å². The van der Waals surface area contributed by atoms with Gasteiger partial charge in [0, 0.05) is 38.3 Å². The summed E-state index contributed by atoms with van der Waals surface area (Å²) in [6.45, 7) is 28.3. The minimum absolute atomic E-state index is 0.0201. The van der Waals surface area contributed by atoms with Crippen LogP contribution in [0.1, 0.15) is 131 Å². The molecule has 10 atom stereocenters. The van der Waals surface area contributed by atoms with Crippen molar-refractivity contribution >= 4 is 15.8 Å². The third-order valence-electron chi connectivity index (χ3n) is 19.2. The molecule has 0 bridgehead atoms. The van der Waals surface area contributed by atoms with Gasteiger partial charge in [-0.05, 0) is 153 Å². The largest absolute Gasteiger partial charge is 0.481 e. The number of H-pyrrole nitrogens is 1. The van der Waals surface area contributed by atoms with Crippen molar-refractivity contribution in [2.75, 3.05) is 44.3 Å². The highest BCUT2D eigenvalue weighted by atomic mass is 32.2. The lowest BCUT2D eigenvalue weighted by atomic mass is 9.34. The SMILES string of the molecule is C=C[C@@]12CC[C@@]3(NCCN4CCS(=O)(=O)CC4)CC[C@@H](C(=C)C)C3[C@@H]1CCCCC1[C@@]3(C)CC=C(C4=CCC(COc5c[nH]n5CC)(C(=O)O)CC4)C(C)(C)C3CC[C@]12C. The first kappa shape index (κ1) is 44.1. The minimum atomic E-state index is -2.89. The van der Waals surface area contributed by atoms with Crippen LogP contribution in [0.5, 0.6) is 5.88 Å². The van der Waals surface area contributed by atoms with Crippen molar-refractivity contribution < 1.29 is 23.1 Å². The summed E-state index contributed by atoms with van der Waals surface area (Å²) in [6, 6.07) is 0. The van der Waals surface area contributed by atoms with Gasteiger partial charge in [-0.2, -0.15) is 0 Å². The molecule has 0 amide bonds.